The third-order valence-electron chi connectivity index (χ3n) is 4.24. The first-order valence-corrected chi connectivity index (χ1v) is 7.54. The summed E-state index contributed by atoms with van der Waals surface area (Å²) < 4.78 is 13.2. The number of hydrogen-bond donors (Lipinski definition) is 2. The zero-order chi connectivity index (χ0) is 14.8. The maximum atomic E-state index is 13.2. The van der Waals surface area contributed by atoms with Crippen molar-refractivity contribution >= 4 is 11.6 Å². The smallest absolute Gasteiger partial charge is 0.125 e. The van der Waals surface area contributed by atoms with Gasteiger partial charge in [-0.2, -0.15) is 0 Å². The van der Waals surface area contributed by atoms with Crippen molar-refractivity contribution in [2.75, 3.05) is 6.54 Å². The van der Waals surface area contributed by atoms with E-state index in [1.807, 2.05) is 0 Å². The lowest BCUT2D eigenvalue weighted by Crippen LogP contribution is -2.44. The van der Waals surface area contributed by atoms with E-state index in [-0.39, 0.29) is 5.82 Å². The third-order valence-corrected chi connectivity index (χ3v) is 4.46. The summed E-state index contributed by atoms with van der Waals surface area (Å²) in [4.78, 5) is 0. The van der Waals surface area contributed by atoms with E-state index >= 15 is 0 Å². The summed E-state index contributed by atoms with van der Waals surface area (Å²) in [6.07, 6.45) is 3.71. The van der Waals surface area contributed by atoms with E-state index in [1.54, 1.807) is 6.07 Å². The largest absolute Gasteiger partial charge is 0.389 e. The van der Waals surface area contributed by atoms with Crippen LogP contribution in [0.5, 0.6) is 0 Å². The molecule has 0 atom stereocenters. The number of hydrogen-bond acceptors (Lipinski definition) is 2. The Morgan fingerprint density at radius 2 is 1.85 bits per heavy atom. The molecular weight excluding hydrogens is 277 g/mol. The summed E-state index contributed by atoms with van der Waals surface area (Å²) in [6, 6.07) is 4.50. The van der Waals surface area contributed by atoms with Gasteiger partial charge in [-0.05, 0) is 54.9 Å². The summed E-state index contributed by atoms with van der Waals surface area (Å²) in [5, 5.41) is 14.1. The van der Waals surface area contributed by atoms with Crippen LogP contribution in [-0.2, 0) is 6.54 Å². The van der Waals surface area contributed by atoms with E-state index in [2.05, 4.69) is 19.2 Å². The molecule has 2 nitrogen and oxygen atoms in total. The highest BCUT2D eigenvalue weighted by Gasteiger charge is 2.36. The Morgan fingerprint density at radius 3 is 2.45 bits per heavy atom. The van der Waals surface area contributed by atoms with Crippen LogP contribution in [0, 0.1) is 11.2 Å². The molecule has 0 radical (unpaired) electrons. The summed E-state index contributed by atoms with van der Waals surface area (Å²) >= 11 is 5.82. The molecule has 0 heterocycles. The lowest BCUT2D eigenvalue weighted by atomic mass is 9.71. The van der Waals surface area contributed by atoms with Crippen molar-refractivity contribution in [1.82, 2.24) is 5.32 Å². The van der Waals surface area contributed by atoms with Crippen LogP contribution < -0.4 is 5.32 Å². The van der Waals surface area contributed by atoms with Gasteiger partial charge in [-0.1, -0.05) is 25.4 Å². The Kier molecular flexibility index (Phi) is 4.73. The van der Waals surface area contributed by atoms with E-state index in [0.29, 0.717) is 23.5 Å². The summed E-state index contributed by atoms with van der Waals surface area (Å²) in [5.74, 6) is -0.326. The van der Waals surface area contributed by atoms with Crippen molar-refractivity contribution in [2.45, 2.75) is 51.7 Å². The van der Waals surface area contributed by atoms with E-state index in [9.17, 15) is 9.50 Å². The predicted octanol–water partition coefficient (Wildman–Crippen LogP) is 3.90. The maximum absolute atomic E-state index is 13.2. The van der Waals surface area contributed by atoms with Crippen molar-refractivity contribution in [3.63, 3.8) is 0 Å². The number of benzene rings is 1. The Bertz CT molecular complexity index is 445. The Balaban J connectivity index is 1.83. The zero-order valence-electron chi connectivity index (χ0n) is 12.2. The second kappa shape index (κ2) is 6.00. The van der Waals surface area contributed by atoms with Crippen molar-refractivity contribution in [3.05, 3.63) is 34.6 Å². The predicted molar refractivity (Wildman–Crippen MR) is 80.3 cm³/mol. The highest BCUT2D eigenvalue weighted by atomic mass is 35.5. The number of rotatable bonds is 4. The molecular formula is C16H23ClFNO. The molecule has 0 unspecified atom stereocenters. The summed E-state index contributed by atoms with van der Waals surface area (Å²) in [6.45, 7) is 5.55. The molecule has 2 N–H and O–H groups in total. The van der Waals surface area contributed by atoms with E-state index < -0.39 is 5.60 Å². The molecule has 1 saturated carbocycles. The molecule has 2 rings (SSSR count). The van der Waals surface area contributed by atoms with Crippen molar-refractivity contribution < 1.29 is 9.50 Å². The zero-order valence-corrected chi connectivity index (χ0v) is 12.9. The van der Waals surface area contributed by atoms with Crippen LogP contribution in [0.25, 0.3) is 0 Å². The van der Waals surface area contributed by atoms with Gasteiger partial charge in [0.2, 0.25) is 0 Å². The van der Waals surface area contributed by atoms with Crippen molar-refractivity contribution in [2.24, 2.45) is 5.41 Å². The van der Waals surface area contributed by atoms with Gasteiger partial charge in [0.25, 0.3) is 0 Å². The molecule has 0 spiro atoms. The standard InChI is InChI=1S/C16H23ClFNO/c1-15(2)3-5-16(20,6-4-15)11-19-10-12-7-13(17)9-14(18)8-12/h7-9,19-20H,3-6,10-11H2,1-2H3. The van der Waals surface area contributed by atoms with Gasteiger partial charge in [0.1, 0.15) is 5.82 Å². The molecule has 4 heteroatoms. The summed E-state index contributed by atoms with van der Waals surface area (Å²) in [5.41, 5.74) is 0.504. The molecule has 1 aliphatic rings. The van der Waals surface area contributed by atoms with Gasteiger partial charge in [0.05, 0.1) is 5.60 Å². The Hall–Kier alpha value is -0.640. The summed E-state index contributed by atoms with van der Waals surface area (Å²) in [7, 11) is 0. The highest BCUT2D eigenvalue weighted by Crippen LogP contribution is 2.39. The third kappa shape index (κ3) is 4.44. The molecule has 1 fully saturated rings. The van der Waals surface area contributed by atoms with Gasteiger partial charge < -0.3 is 10.4 Å². The Morgan fingerprint density at radius 1 is 1.20 bits per heavy atom. The van der Waals surface area contributed by atoms with Crippen LogP contribution in [0.2, 0.25) is 5.02 Å². The quantitative estimate of drug-likeness (QED) is 0.884. The second-order valence-electron chi connectivity index (χ2n) is 6.77. The van der Waals surface area contributed by atoms with Crippen LogP contribution in [-0.4, -0.2) is 17.3 Å². The molecule has 1 aromatic carbocycles. The van der Waals surface area contributed by atoms with Crippen LogP contribution in [0.3, 0.4) is 0 Å². The van der Waals surface area contributed by atoms with Gasteiger partial charge in [0.15, 0.2) is 0 Å². The lowest BCUT2D eigenvalue weighted by Gasteiger charge is -2.40. The van der Waals surface area contributed by atoms with Crippen molar-refractivity contribution in [1.29, 1.82) is 0 Å². The molecule has 0 aliphatic heterocycles. The minimum absolute atomic E-state index is 0.326. The highest BCUT2D eigenvalue weighted by molar-refractivity contribution is 6.30. The van der Waals surface area contributed by atoms with Gasteiger partial charge in [0, 0.05) is 18.1 Å². The van der Waals surface area contributed by atoms with Gasteiger partial charge in [-0.3, -0.25) is 0 Å². The first-order valence-electron chi connectivity index (χ1n) is 7.16. The molecule has 20 heavy (non-hydrogen) atoms. The molecule has 1 aromatic rings. The second-order valence-corrected chi connectivity index (χ2v) is 7.21. The monoisotopic (exact) mass is 299 g/mol. The number of nitrogens with one attached hydrogen (secondary N) is 1. The first-order chi connectivity index (χ1) is 9.28. The number of aliphatic hydroxyl groups is 1. The van der Waals surface area contributed by atoms with Gasteiger partial charge in [-0.15, -0.1) is 0 Å². The molecule has 112 valence electrons. The fraction of sp³-hybridized carbons (Fsp3) is 0.625. The maximum Gasteiger partial charge on any atom is 0.125 e. The average molecular weight is 300 g/mol. The topological polar surface area (TPSA) is 32.3 Å². The molecule has 0 bridgehead atoms. The van der Waals surface area contributed by atoms with Crippen LogP contribution in [0.1, 0.15) is 45.1 Å². The van der Waals surface area contributed by atoms with Crippen LogP contribution in [0.15, 0.2) is 18.2 Å². The fourth-order valence-corrected chi connectivity index (χ4v) is 2.97. The van der Waals surface area contributed by atoms with Crippen molar-refractivity contribution in [3.8, 4) is 0 Å². The molecule has 0 saturated heterocycles. The normalized spacial score (nSPS) is 20.9. The SMILES string of the molecule is CC1(C)CCC(O)(CNCc2cc(F)cc(Cl)c2)CC1. The average Bonchev–Trinajstić information content (AvgIpc) is 2.33. The van der Waals surface area contributed by atoms with E-state index in [4.69, 9.17) is 11.6 Å². The molecule has 1 aliphatic carbocycles. The fourth-order valence-electron chi connectivity index (χ4n) is 2.72. The molecule has 0 aromatic heterocycles. The minimum atomic E-state index is -0.632. The minimum Gasteiger partial charge on any atom is -0.389 e. The molecule has 0 amide bonds. The van der Waals surface area contributed by atoms with E-state index in [1.165, 1.54) is 12.1 Å². The van der Waals surface area contributed by atoms with Gasteiger partial charge in [-0.25, -0.2) is 4.39 Å². The van der Waals surface area contributed by atoms with E-state index in [0.717, 1.165) is 31.2 Å². The van der Waals surface area contributed by atoms with Gasteiger partial charge >= 0.3 is 0 Å². The first kappa shape index (κ1) is 15.7. The lowest BCUT2D eigenvalue weighted by molar-refractivity contribution is -0.0245. The van der Waals surface area contributed by atoms with Crippen LogP contribution in [0.4, 0.5) is 4.39 Å². The Labute approximate surface area is 125 Å². The number of halogens is 2. The van der Waals surface area contributed by atoms with Crippen LogP contribution >= 0.6 is 11.6 Å².